The van der Waals surface area contributed by atoms with Crippen molar-refractivity contribution < 1.29 is 28.5 Å². The highest BCUT2D eigenvalue weighted by Gasteiger charge is 2.27. The molecule has 0 N–H and O–H groups in total. The van der Waals surface area contributed by atoms with E-state index in [1.54, 1.807) is 57.7 Å². The molecule has 2 aromatic carbocycles. The Balaban J connectivity index is 1.75. The predicted molar refractivity (Wildman–Crippen MR) is 90.9 cm³/mol. The molecule has 0 spiro atoms. The van der Waals surface area contributed by atoms with Gasteiger partial charge in [0, 0.05) is 24.1 Å². The Morgan fingerprint density at radius 2 is 1.84 bits per heavy atom. The van der Waals surface area contributed by atoms with Crippen molar-refractivity contribution in [3.63, 3.8) is 0 Å². The average molecular weight is 344 g/mol. The molecule has 0 aromatic heterocycles. The lowest BCUT2D eigenvalue weighted by Crippen LogP contribution is -2.31. The predicted octanol–water partition coefficient (Wildman–Crippen LogP) is 2.87. The third kappa shape index (κ3) is 3.63. The van der Waals surface area contributed by atoms with Crippen LogP contribution in [0, 0.1) is 0 Å². The summed E-state index contributed by atoms with van der Waals surface area (Å²) in [6.45, 7) is 0.277. The van der Waals surface area contributed by atoms with E-state index in [0.29, 0.717) is 35.0 Å². The van der Waals surface area contributed by atoms with E-state index in [1.807, 2.05) is 0 Å². The van der Waals surface area contributed by atoms with Crippen LogP contribution in [0.1, 0.15) is 15.9 Å². The Kier molecular flexibility index (Phi) is 4.97. The maximum Gasteiger partial charge on any atom is 0.338 e. The van der Waals surface area contributed by atoms with Crippen LogP contribution < -0.4 is 18.9 Å². The summed E-state index contributed by atoms with van der Waals surface area (Å²) in [5.41, 5.74) is 1.30. The fourth-order valence-electron chi connectivity index (χ4n) is 2.74. The summed E-state index contributed by atoms with van der Waals surface area (Å²) in [5.74, 6) is 2.18. The number of methoxy groups -OCH3 is 3. The topological polar surface area (TPSA) is 63.2 Å². The molecule has 0 amide bonds. The number of benzene rings is 2. The molecule has 1 unspecified atom stereocenters. The molecule has 6 heteroatoms. The molecule has 1 aliphatic rings. The SMILES string of the molecule is COc1cccc(C(=O)OC2COc3cc(OC)cc(OC)c3C2)c1. The standard InChI is InChI=1S/C19H20O6/c1-21-13-6-4-5-12(7-13)19(20)25-15-8-16-17(23-3)9-14(22-2)10-18(16)24-11-15/h4-7,9-10,15H,8,11H2,1-3H3. The molecule has 1 aliphatic heterocycles. The van der Waals surface area contributed by atoms with Crippen molar-refractivity contribution in [1.82, 2.24) is 0 Å². The zero-order valence-electron chi connectivity index (χ0n) is 14.4. The lowest BCUT2D eigenvalue weighted by Gasteiger charge is -2.27. The molecular formula is C19H20O6. The van der Waals surface area contributed by atoms with Crippen LogP contribution in [0.4, 0.5) is 0 Å². The van der Waals surface area contributed by atoms with Crippen molar-refractivity contribution in [3.05, 3.63) is 47.5 Å². The van der Waals surface area contributed by atoms with Gasteiger partial charge in [0.15, 0.2) is 0 Å². The van der Waals surface area contributed by atoms with Gasteiger partial charge in [0.05, 0.1) is 26.9 Å². The first kappa shape index (κ1) is 17.0. The van der Waals surface area contributed by atoms with Gasteiger partial charge in [0.1, 0.15) is 35.7 Å². The highest BCUT2D eigenvalue weighted by atomic mass is 16.6. The summed E-state index contributed by atoms with van der Waals surface area (Å²) in [7, 11) is 4.72. The Hall–Kier alpha value is -2.89. The monoisotopic (exact) mass is 344 g/mol. The van der Waals surface area contributed by atoms with Gasteiger partial charge in [-0.1, -0.05) is 6.07 Å². The third-order valence-corrected chi connectivity index (χ3v) is 4.03. The van der Waals surface area contributed by atoms with Crippen LogP contribution in [-0.2, 0) is 11.2 Å². The van der Waals surface area contributed by atoms with Crippen LogP contribution in [0.15, 0.2) is 36.4 Å². The van der Waals surface area contributed by atoms with E-state index < -0.39 is 12.1 Å². The van der Waals surface area contributed by atoms with E-state index in [2.05, 4.69) is 0 Å². The first-order valence-electron chi connectivity index (χ1n) is 7.87. The van der Waals surface area contributed by atoms with Gasteiger partial charge in [-0.2, -0.15) is 0 Å². The highest BCUT2D eigenvalue weighted by Crippen LogP contribution is 2.37. The van der Waals surface area contributed by atoms with E-state index >= 15 is 0 Å². The molecule has 0 aliphatic carbocycles. The first-order chi connectivity index (χ1) is 12.1. The van der Waals surface area contributed by atoms with Crippen LogP contribution in [-0.4, -0.2) is 40.0 Å². The van der Waals surface area contributed by atoms with Gasteiger partial charge in [-0.05, 0) is 18.2 Å². The largest absolute Gasteiger partial charge is 0.497 e. The second-order valence-corrected chi connectivity index (χ2v) is 5.58. The van der Waals surface area contributed by atoms with E-state index in [0.717, 1.165) is 5.56 Å². The zero-order chi connectivity index (χ0) is 17.8. The van der Waals surface area contributed by atoms with Gasteiger partial charge in [-0.3, -0.25) is 0 Å². The summed E-state index contributed by atoms with van der Waals surface area (Å²) in [6, 6.07) is 10.4. The lowest BCUT2D eigenvalue weighted by molar-refractivity contribution is 0.0128. The Morgan fingerprint density at radius 3 is 2.56 bits per heavy atom. The van der Waals surface area contributed by atoms with Gasteiger partial charge in [0.2, 0.25) is 0 Å². The van der Waals surface area contributed by atoms with Crippen molar-refractivity contribution in [2.75, 3.05) is 27.9 Å². The average Bonchev–Trinajstić information content (AvgIpc) is 2.67. The van der Waals surface area contributed by atoms with Crippen molar-refractivity contribution in [3.8, 4) is 23.0 Å². The molecule has 0 fully saturated rings. The molecule has 132 valence electrons. The maximum atomic E-state index is 12.4. The fourth-order valence-corrected chi connectivity index (χ4v) is 2.74. The quantitative estimate of drug-likeness (QED) is 0.777. The third-order valence-electron chi connectivity index (χ3n) is 4.03. The van der Waals surface area contributed by atoms with Gasteiger partial charge < -0.3 is 23.7 Å². The lowest BCUT2D eigenvalue weighted by atomic mass is 10.0. The van der Waals surface area contributed by atoms with Gasteiger partial charge in [0.25, 0.3) is 0 Å². The summed E-state index contributed by atoms with van der Waals surface area (Å²) in [5, 5.41) is 0. The minimum absolute atomic E-state index is 0.277. The minimum Gasteiger partial charge on any atom is -0.497 e. The van der Waals surface area contributed by atoms with E-state index in [-0.39, 0.29) is 6.61 Å². The number of hydrogen-bond donors (Lipinski definition) is 0. The van der Waals surface area contributed by atoms with Gasteiger partial charge in [-0.25, -0.2) is 4.79 Å². The number of esters is 1. The van der Waals surface area contributed by atoms with E-state index in [1.165, 1.54) is 0 Å². The molecule has 0 radical (unpaired) electrons. The summed E-state index contributed by atoms with van der Waals surface area (Å²) < 4.78 is 27.1. The summed E-state index contributed by atoms with van der Waals surface area (Å²) >= 11 is 0. The van der Waals surface area contributed by atoms with Crippen LogP contribution in [0.2, 0.25) is 0 Å². The number of ether oxygens (including phenoxy) is 5. The number of fused-ring (bicyclic) bond motifs is 1. The Morgan fingerprint density at radius 1 is 1.04 bits per heavy atom. The molecular weight excluding hydrogens is 324 g/mol. The van der Waals surface area contributed by atoms with Crippen molar-refractivity contribution >= 4 is 5.97 Å². The van der Waals surface area contributed by atoms with Crippen LogP contribution in [0.5, 0.6) is 23.0 Å². The molecule has 0 saturated heterocycles. The summed E-state index contributed by atoms with van der Waals surface area (Å²) in [4.78, 5) is 12.4. The molecule has 1 atom stereocenters. The molecule has 3 rings (SSSR count). The summed E-state index contributed by atoms with van der Waals surface area (Å²) in [6.07, 6.45) is 0.117. The second kappa shape index (κ2) is 7.34. The molecule has 0 bridgehead atoms. The molecule has 25 heavy (non-hydrogen) atoms. The molecule has 6 nitrogen and oxygen atoms in total. The number of carbonyl (C=O) groups is 1. The number of carbonyl (C=O) groups excluding carboxylic acids is 1. The normalized spacial score (nSPS) is 15.6. The number of rotatable bonds is 5. The number of hydrogen-bond acceptors (Lipinski definition) is 6. The van der Waals surface area contributed by atoms with E-state index in [9.17, 15) is 4.79 Å². The first-order valence-corrected chi connectivity index (χ1v) is 7.87. The highest BCUT2D eigenvalue weighted by molar-refractivity contribution is 5.90. The smallest absolute Gasteiger partial charge is 0.338 e. The maximum absolute atomic E-state index is 12.4. The Bertz CT molecular complexity index is 753. The Labute approximate surface area is 146 Å². The van der Waals surface area contributed by atoms with Gasteiger partial charge >= 0.3 is 5.97 Å². The molecule has 2 aromatic rings. The van der Waals surface area contributed by atoms with Crippen LogP contribution in [0.3, 0.4) is 0 Å². The van der Waals surface area contributed by atoms with Crippen molar-refractivity contribution in [2.45, 2.75) is 12.5 Å². The molecule has 0 saturated carbocycles. The second-order valence-electron chi connectivity index (χ2n) is 5.58. The zero-order valence-corrected chi connectivity index (χ0v) is 14.4. The minimum atomic E-state index is -0.413. The molecule has 1 heterocycles. The van der Waals surface area contributed by atoms with Crippen LogP contribution >= 0.6 is 0 Å². The van der Waals surface area contributed by atoms with E-state index in [4.69, 9.17) is 23.7 Å². The van der Waals surface area contributed by atoms with Crippen molar-refractivity contribution in [2.24, 2.45) is 0 Å². The fraction of sp³-hybridized carbons (Fsp3) is 0.316. The van der Waals surface area contributed by atoms with Crippen molar-refractivity contribution in [1.29, 1.82) is 0 Å². The van der Waals surface area contributed by atoms with Crippen LogP contribution in [0.25, 0.3) is 0 Å². The van der Waals surface area contributed by atoms with Gasteiger partial charge in [-0.15, -0.1) is 0 Å².